The van der Waals surface area contributed by atoms with Gasteiger partial charge in [-0.15, -0.1) is 0 Å². The maximum Gasteiger partial charge on any atom is 0.124 e. The molecule has 1 aromatic carbocycles. The fraction of sp³-hybridized carbons (Fsp3) is 0.600. The molecule has 0 saturated heterocycles. The maximum atomic E-state index is 6.36. The summed E-state index contributed by atoms with van der Waals surface area (Å²) in [4.78, 5) is 0. The van der Waals surface area contributed by atoms with E-state index in [1.807, 2.05) is 13.0 Å². The van der Waals surface area contributed by atoms with Gasteiger partial charge in [0.05, 0.1) is 19.3 Å². The number of aryl methyl sites for hydroxylation is 2. The molecule has 2 N–H and O–H groups in total. The van der Waals surface area contributed by atoms with Crippen LogP contribution in [0.25, 0.3) is 0 Å². The summed E-state index contributed by atoms with van der Waals surface area (Å²) in [6, 6.07) is 4.02. The lowest BCUT2D eigenvalue weighted by atomic mass is 9.94. The summed E-state index contributed by atoms with van der Waals surface area (Å²) in [5.41, 5.74) is 9.77. The largest absolute Gasteiger partial charge is 0.496 e. The van der Waals surface area contributed by atoms with Gasteiger partial charge in [-0.3, -0.25) is 0 Å². The minimum Gasteiger partial charge on any atom is -0.496 e. The van der Waals surface area contributed by atoms with Crippen LogP contribution < -0.4 is 10.5 Å². The second kappa shape index (κ2) is 6.76. The topological polar surface area (TPSA) is 44.5 Å². The van der Waals surface area contributed by atoms with E-state index in [4.69, 9.17) is 15.2 Å². The first kappa shape index (κ1) is 15.0. The number of hydrogen-bond donors (Lipinski definition) is 1. The summed E-state index contributed by atoms with van der Waals surface area (Å²) in [5.74, 6) is 0.859. The monoisotopic (exact) mass is 251 g/mol. The van der Waals surface area contributed by atoms with Crippen molar-refractivity contribution in [3.8, 4) is 5.75 Å². The van der Waals surface area contributed by atoms with Crippen LogP contribution in [0.2, 0.25) is 0 Å². The summed E-state index contributed by atoms with van der Waals surface area (Å²) < 4.78 is 11.2. The molecule has 2 unspecified atom stereocenters. The van der Waals surface area contributed by atoms with Gasteiger partial charge in [0.25, 0.3) is 0 Å². The molecule has 1 rings (SSSR count). The van der Waals surface area contributed by atoms with Crippen LogP contribution in [-0.2, 0) is 4.74 Å². The number of rotatable bonds is 6. The second-order valence-corrected chi connectivity index (χ2v) is 4.63. The van der Waals surface area contributed by atoms with Crippen LogP contribution in [0.3, 0.4) is 0 Å². The van der Waals surface area contributed by atoms with Gasteiger partial charge in [0.1, 0.15) is 5.75 Å². The van der Waals surface area contributed by atoms with Crippen LogP contribution in [0.1, 0.15) is 43.0 Å². The van der Waals surface area contributed by atoms with Gasteiger partial charge in [-0.1, -0.05) is 13.0 Å². The van der Waals surface area contributed by atoms with E-state index in [0.29, 0.717) is 6.61 Å². The number of methoxy groups -OCH3 is 1. The molecule has 0 spiro atoms. The van der Waals surface area contributed by atoms with E-state index < -0.39 is 0 Å². The van der Waals surface area contributed by atoms with Crippen LogP contribution >= 0.6 is 0 Å². The van der Waals surface area contributed by atoms with Gasteiger partial charge in [-0.25, -0.2) is 0 Å². The van der Waals surface area contributed by atoms with Crippen molar-refractivity contribution >= 4 is 0 Å². The van der Waals surface area contributed by atoms with Crippen molar-refractivity contribution < 1.29 is 9.47 Å². The SMILES string of the molecule is CCOC(CC)C(N)c1c(C)cc(C)cc1OC. The van der Waals surface area contributed by atoms with Gasteiger partial charge in [0.15, 0.2) is 0 Å². The van der Waals surface area contributed by atoms with Crippen LogP contribution in [0.4, 0.5) is 0 Å². The van der Waals surface area contributed by atoms with Crippen LogP contribution in [-0.4, -0.2) is 19.8 Å². The Bertz CT molecular complexity index is 390. The molecule has 102 valence electrons. The quantitative estimate of drug-likeness (QED) is 0.844. The molecule has 2 atom stereocenters. The average molecular weight is 251 g/mol. The van der Waals surface area contributed by atoms with E-state index in [1.54, 1.807) is 7.11 Å². The molecule has 0 aliphatic rings. The first-order valence-corrected chi connectivity index (χ1v) is 6.57. The third-order valence-electron chi connectivity index (χ3n) is 3.23. The smallest absolute Gasteiger partial charge is 0.124 e. The molecule has 0 fully saturated rings. The molecule has 0 saturated carbocycles. The predicted octanol–water partition coefficient (Wildman–Crippen LogP) is 3.13. The first-order valence-electron chi connectivity index (χ1n) is 6.57. The van der Waals surface area contributed by atoms with E-state index in [-0.39, 0.29) is 12.1 Å². The van der Waals surface area contributed by atoms with E-state index in [9.17, 15) is 0 Å². The third kappa shape index (κ3) is 3.24. The first-order chi connectivity index (χ1) is 8.54. The third-order valence-corrected chi connectivity index (χ3v) is 3.23. The number of nitrogens with two attached hydrogens (primary N) is 1. The summed E-state index contributed by atoms with van der Waals surface area (Å²) in [6.45, 7) is 8.90. The summed E-state index contributed by atoms with van der Waals surface area (Å²) in [6.07, 6.45) is 0.927. The highest BCUT2D eigenvalue weighted by molar-refractivity contribution is 5.45. The Morgan fingerprint density at radius 2 is 1.89 bits per heavy atom. The molecule has 0 radical (unpaired) electrons. The lowest BCUT2D eigenvalue weighted by molar-refractivity contribution is 0.0406. The molecule has 0 heterocycles. The molecular weight excluding hydrogens is 226 g/mol. The van der Waals surface area contributed by atoms with Crippen molar-refractivity contribution in [1.29, 1.82) is 0 Å². The zero-order valence-electron chi connectivity index (χ0n) is 12.1. The fourth-order valence-corrected chi connectivity index (χ4v) is 2.41. The normalized spacial score (nSPS) is 14.3. The minimum absolute atomic E-state index is 0.0327. The lowest BCUT2D eigenvalue weighted by Crippen LogP contribution is -2.29. The maximum absolute atomic E-state index is 6.36. The number of ether oxygens (including phenoxy) is 2. The Hall–Kier alpha value is -1.06. The zero-order valence-corrected chi connectivity index (χ0v) is 12.1. The van der Waals surface area contributed by atoms with Gasteiger partial charge in [-0.05, 0) is 44.4 Å². The highest BCUT2D eigenvalue weighted by atomic mass is 16.5. The van der Waals surface area contributed by atoms with Gasteiger partial charge >= 0.3 is 0 Å². The Kier molecular flexibility index (Phi) is 5.63. The standard InChI is InChI=1S/C15H25NO2/c1-6-12(18-7-2)15(16)14-11(4)8-10(3)9-13(14)17-5/h8-9,12,15H,6-7,16H2,1-5H3. The lowest BCUT2D eigenvalue weighted by Gasteiger charge is -2.26. The average Bonchev–Trinajstić information content (AvgIpc) is 2.34. The number of hydrogen-bond acceptors (Lipinski definition) is 3. The molecule has 3 heteroatoms. The van der Waals surface area contributed by atoms with Crippen molar-refractivity contribution in [2.24, 2.45) is 5.73 Å². The van der Waals surface area contributed by atoms with E-state index in [2.05, 4.69) is 26.8 Å². The molecule has 0 bridgehead atoms. The number of benzene rings is 1. The summed E-state index contributed by atoms with van der Waals surface area (Å²) in [5, 5.41) is 0. The second-order valence-electron chi connectivity index (χ2n) is 4.63. The Morgan fingerprint density at radius 3 is 2.39 bits per heavy atom. The predicted molar refractivity (Wildman–Crippen MR) is 75.1 cm³/mol. The molecule has 1 aromatic rings. The zero-order chi connectivity index (χ0) is 13.7. The minimum atomic E-state index is -0.148. The molecule has 0 amide bonds. The highest BCUT2D eigenvalue weighted by Crippen LogP contribution is 2.32. The van der Waals surface area contributed by atoms with Gasteiger partial charge in [-0.2, -0.15) is 0 Å². The van der Waals surface area contributed by atoms with E-state index >= 15 is 0 Å². The molecular formula is C15H25NO2. The van der Waals surface area contributed by atoms with Gasteiger partial charge in [0.2, 0.25) is 0 Å². The van der Waals surface area contributed by atoms with Gasteiger partial charge in [0, 0.05) is 12.2 Å². The Balaban J connectivity index is 3.14. The Labute approximate surface area is 110 Å². The summed E-state index contributed by atoms with van der Waals surface area (Å²) in [7, 11) is 1.69. The Morgan fingerprint density at radius 1 is 1.22 bits per heavy atom. The molecule has 3 nitrogen and oxygen atoms in total. The van der Waals surface area contributed by atoms with Crippen molar-refractivity contribution in [1.82, 2.24) is 0 Å². The van der Waals surface area contributed by atoms with Crippen LogP contribution in [0.5, 0.6) is 5.75 Å². The molecule has 0 aliphatic heterocycles. The van der Waals surface area contributed by atoms with Gasteiger partial charge < -0.3 is 15.2 Å². The molecule has 0 aliphatic carbocycles. The van der Waals surface area contributed by atoms with Crippen molar-refractivity contribution in [3.63, 3.8) is 0 Å². The van der Waals surface area contributed by atoms with Crippen molar-refractivity contribution in [2.75, 3.05) is 13.7 Å². The van der Waals surface area contributed by atoms with Crippen LogP contribution in [0.15, 0.2) is 12.1 Å². The van der Waals surface area contributed by atoms with Crippen molar-refractivity contribution in [2.45, 2.75) is 46.3 Å². The van der Waals surface area contributed by atoms with Crippen LogP contribution in [0, 0.1) is 13.8 Å². The van der Waals surface area contributed by atoms with E-state index in [1.165, 1.54) is 5.56 Å². The highest BCUT2D eigenvalue weighted by Gasteiger charge is 2.23. The van der Waals surface area contributed by atoms with E-state index in [0.717, 1.165) is 23.3 Å². The summed E-state index contributed by atoms with van der Waals surface area (Å²) >= 11 is 0. The molecule has 18 heavy (non-hydrogen) atoms. The fourth-order valence-electron chi connectivity index (χ4n) is 2.41. The van der Waals surface area contributed by atoms with Crippen molar-refractivity contribution in [3.05, 3.63) is 28.8 Å². The molecule has 0 aromatic heterocycles.